The normalized spacial score (nSPS) is 12.6. The first-order chi connectivity index (χ1) is 12.1. The van der Waals surface area contributed by atoms with Crippen LogP contribution in [-0.4, -0.2) is 24.3 Å². The molecule has 0 atom stereocenters. The van der Waals surface area contributed by atoms with E-state index in [1.165, 1.54) is 24.3 Å². The summed E-state index contributed by atoms with van der Waals surface area (Å²) in [6, 6.07) is 16.0. The summed E-state index contributed by atoms with van der Waals surface area (Å²) in [5.74, 6) is 0.340. The molecule has 0 heterocycles. The molecule has 0 spiro atoms. The van der Waals surface area contributed by atoms with Crippen molar-refractivity contribution in [2.45, 2.75) is 3.79 Å². The van der Waals surface area contributed by atoms with Gasteiger partial charge in [-0.3, -0.25) is 4.18 Å². The van der Waals surface area contributed by atoms with E-state index in [2.05, 4.69) is 4.18 Å². The lowest BCUT2D eigenvalue weighted by atomic mass is 10.3. The van der Waals surface area contributed by atoms with Crippen molar-refractivity contribution in [2.24, 2.45) is 0 Å². The van der Waals surface area contributed by atoms with Gasteiger partial charge < -0.3 is 9.05 Å². The third-order valence-electron chi connectivity index (χ3n) is 2.69. The minimum Gasteiger partial charge on any atom is -0.415 e. The molecule has 2 aromatic carbocycles. The van der Waals surface area contributed by atoms with Gasteiger partial charge in [0.2, 0.25) is 3.79 Å². The fraction of sp³-hybridized carbons (Fsp3) is 0.200. The smallest absolute Gasteiger partial charge is 0.415 e. The molecule has 0 amide bonds. The molecule has 0 N–H and O–H groups in total. The monoisotopic (exact) mass is 458 g/mol. The Morgan fingerprint density at radius 1 is 0.846 bits per heavy atom. The van der Waals surface area contributed by atoms with Crippen LogP contribution in [0, 0.1) is 0 Å². The SMILES string of the molecule is O=P(CS(=O)(=O)OCC(Cl)(Cl)Cl)(Oc1ccccc1)Oc1ccccc1. The Bertz CT molecular complexity index is 810. The lowest BCUT2D eigenvalue weighted by molar-refractivity contribution is 0.325. The van der Waals surface area contributed by atoms with Crippen molar-refractivity contribution >= 4 is 52.5 Å². The first-order valence-corrected chi connectivity index (χ1v) is 11.5. The summed E-state index contributed by atoms with van der Waals surface area (Å²) in [4.78, 5) is 0. The van der Waals surface area contributed by atoms with Crippen molar-refractivity contribution in [3.8, 4) is 11.5 Å². The first kappa shape index (κ1) is 21.4. The van der Waals surface area contributed by atoms with Crippen LogP contribution in [0.2, 0.25) is 0 Å². The minimum atomic E-state index is -4.38. The highest BCUT2D eigenvalue weighted by Gasteiger charge is 2.37. The van der Waals surface area contributed by atoms with E-state index in [0.717, 1.165) is 0 Å². The molecular weight excluding hydrogens is 446 g/mol. The molecule has 0 aliphatic heterocycles. The van der Waals surface area contributed by atoms with Gasteiger partial charge in [0.1, 0.15) is 18.1 Å². The Morgan fingerprint density at radius 2 is 1.27 bits per heavy atom. The van der Waals surface area contributed by atoms with Gasteiger partial charge in [0.25, 0.3) is 10.1 Å². The van der Waals surface area contributed by atoms with E-state index in [4.69, 9.17) is 43.9 Å². The maximum atomic E-state index is 13.1. The lowest BCUT2D eigenvalue weighted by Gasteiger charge is -2.20. The van der Waals surface area contributed by atoms with Gasteiger partial charge in [0, 0.05) is 0 Å². The molecule has 2 rings (SSSR count). The highest BCUT2D eigenvalue weighted by atomic mass is 35.6. The van der Waals surface area contributed by atoms with Crippen LogP contribution in [0.3, 0.4) is 0 Å². The van der Waals surface area contributed by atoms with Crippen molar-refractivity contribution in [3.05, 3.63) is 60.7 Å². The van der Waals surface area contributed by atoms with E-state index < -0.39 is 33.6 Å². The van der Waals surface area contributed by atoms with Gasteiger partial charge >= 0.3 is 7.60 Å². The topological polar surface area (TPSA) is 78.9 Å². The van der Waals surface area contributed by atoms with Crippen molar-refractivity contribution in [1.82, 2.24) is 0 Å². The van der Waals surface area contributed by atoms with E-state index in [9.17, 15) is 13.0 Å². The predicted molar refractivity (Wildman–Crippen MR) is 102 cm³/mol. The number of alkyl halides is 3. The first-order valence-electron chi connectivity index (χ1n) is 7.09. The van der Waals surface area contributed by atoms with Crippen molar-refractivity contribution in [3.63, 3.8) is 0 Å². The number of halogens is 3. The number of hydrogen-bond acceptors (Lipinski definition) is 6. The van der Waals surface area contributed by atoms with Crippen molar-refractivity contribution in [2.75, 3.05) is 12.1 Å². The quantitative estimate of drug-likeness (QED) is 0.314. The third kappa shape index (κ3) is 7.74. The largest absolute Gasteiger partial charge is 0.448 e. The molecule has 0 bridgehead atoms. The fourth-order valence-electron chi connectivity index (χ4n) is 1.74. The van der Waals surface area contributed by atoms with Crippen LogP contribution in [0.4, 0.5) is 0 Å². The molecule has 0 aliphatic rings. The zero-order valence-corrected chi connectivity index (χ0v) is 17.1. The van der Waals surface area contributed by atoms with Gasteiger partial charge in [-0.25, -0.2) is 4.57 Å². The molecule has 0 saturated heterocycles. The second kappa shape index (κ2) is 8.83. The molecule has 0 radical (unpaired) electrons. The molecule has 2 aromatic rings. The van der Waals surface area contributed by atoms with Gasteiger partial charge in [0.05, 0.1) is 0 Å². The average molecular weight is 460 g/mol. The van der Waals surface area contributed by atoms with Crippen molar-refractivity contribution in [1.29, 1.82) is 0 Å². The molecular formula is C15H14Cl3O6PS. The number of benzene rings is 2. The lowest BCUT2D eigenvalue weighted by Crippen LogP contribution is -2.21. The van der Waals surface area contributed by atoms with Crippen LogP contribution in [0.25, 0.3) is 0 Å². The van der Waals surface area contributed by atoms with Gasteiger partial charge in [-0.2, -0.15) is 8.42 Å². The van der Waals surface area contributed by atoms with Crippen molar-refractivity contribution < 1.29 is 26.2 Å². The Labute approximate surface area is 166 Å². The van der Waals surface area contributed by atoms with Gasteiger partial charge in [-0.1, -0.05) is 71.2 Å². The van der Waals surface area contributed by atoms with Crippen LogP contribution >= 0.6 is 42.4 Å². The number of para-hydroxylation sites is 2. The standard InChI is InChI=1S/C15H14Cl3O6PS/c16-15(17,18)11-22-26(20,21)12-25(19,23-13-7-3-1-4-8-13)24-14-9-5-2-6-10-14/h1-10H,11-12H2. The number of hydrogen-bond donors (Lipinski definition) is 0. The summed E-state index contributed by atoms with van der Waals surface area (Å²) in [6.45, 7) is -0.739. The average Bonchev–Trinajstić information content (AvgIpc) is 2.53. The molecule has 0 aromatic heterocycles. The van der Waals surface area contributed by atoms with Crippen LogP contribution in [0.5, 0.6) is 11.5 Å². The Hall–Kier alpha value is -0.950. The second-order valence-electron chi connectivity index (χ2n) is 4.98. The maximum Gasteiger partial charge on any atom is 0.448 e. The van der Waals surface area contributed by atoms with E-state index in [-0.39, 0.29) is 11.5 Å². The maximum absolute atomic E-state index is 13.1. The molecule has 142 valence electrons. The van der Waals surface area contributed by atoms with E-state index in [1.807, 2.05) is 0 Å². The molecule has 0 fully saturated rings. The van der Waals surface area contributed by atoms with Crippen LogP contribution in [0.15, 0.2) is 60.7 Å². The predicted octanol–water partition coefficient (Wildman–Crippen LogP) is 5.01. The second-order valence-corrected chi connectivity index (χ2v) is 11.5. The molecule has 6 nitrogen and oxygen atoms in total. The van der Waals surface area contributed by atoms with E-state index in [0.29, 0.717) is 0 Å². The summed E-state index contributed by atoms with van der Waals surface area (Å²) in [5.41, 5.74) is -1.06. The summed E-state index contributed by atoms with van der Waals surface area (Å²) >= 11 is 16.4. The van der Waals surface area contributed by atoms with Crippen LogP contribution in [-0.2, 0) is 18.9 Å². The molecule has 26 heavy (non-hydrogen) atoms. The molecule has 0 aliphatic carbocycles. The zero-order chi connectivity index (χ0) is 19.3. The summed E-state index contributed by atoms with van der Waals surface area (Å²) < 4.78 is 50.7. The van der Waals surface area contributed by atoms with Gasteiger partial charge in [0.15, 0.2) is 5.49 Å². The Morgan fingerprint density at radius 3 is 1.65 bits per heavy atom. The van der Waals surface area contributed by atoms with Gasteiger partial charge in [-0.05, 0) is 24.3 Å². The Balaban J connectivity index is 2.23. The fourth-order valence-corrected chi connectivity index (χ4v) is 5.65. The van der Waals surface area contributed by atoms with Crippen LogP contribution < -0.4 is 9.05 Å². The summed E-state index contributed by atoms with van der Waals surface area (Å²) in [6.07, 6.45) is 0. The molecule has 0 saturated carbocycles. The Kier molecular flexibility index (Phi) is 7.25. The van der Waals surface area contributed by atoms with Gasteiger partial charge in [-0.15, -0.1) is 0 Å². The minimum absolute atomic E-state index is 0.170. The zero-order valence-electron chi connectivity index (χ0n) is 13.1. The molecule has 11 heteroatoms. The highest BCUT2D eigenvalue weighted by Crippen LogP contribution is 2.49. The summed E-state index contributed by atoms with van der Waals surface area (Å²) in [7, 11) is -8.59. The highest BCUT2D eigenvalue weighted by molar-refractivity contribution is 7.93. The molecule has 0 unspecified atom stereocenters. The van der Waals surface area contributed by atoms with Crippen LogP contribution in [0.1, 0.15) is 0 Å². The van der Waals surface area contributed by atoms with E-state index in [1.54, 1.807) is 36.4 Å². The number of rotatable bonds is 8. The third-order valence-corrected chi connectivity index (χ3v) is 7.01. The summed E-state index contributed by atoms with van der Waals surface area (Å²) in [5, 5.41) is 0. The van der Waals surface area contributed by atoms with E-state index >= 15 is 0 Å².